The number of carbonyl (C=O) groups is 1. The number of rotatable bonds is 10. The van der Waals surface area contributed by atoms with Crippen LogP contribution in [-0.2, 0) is 15.7 Å². The van der Waals surface area contributed by atoms with Crippen LogP contribution in [0.5, 0.6) is 5.75 Å². The number of halogens is 4. The normalized spacial score (nSPS) is 17.6. The number of carbonyl (C=O) groups excluding carboxylic acids is 1. The highest BCUT2D eigenvalue weighted by molar-refractivity contribution is 5.80. The van der Waals surface area contributed by atoms with Crippen LogP contribution in [0.15, 0.2) is 36.4 Å². The molecule has 1 atom stereocenters. The molecule has 0 spiro atoms. The first-order valence-electron chi connectivity index (χ1n) is 13.4. The zero-order valence-electron chi connectivity index (χ0n) is 21.6. The topological polar surface area (TPSA) is 35.5 Å². The molecule has 2 saturated carbocycles. The first-order chi connectivity index (χ1) is 17.6. The summed E-state index contributed by atoms with van der Waals surface area (Å²) in [4.78, 5) is 13.2. The molecule has 2 aromatic rings. The molecule has 202 valence electrons. The van der Waals surface area contributed by atoms with Crippen molar-refractivity contribution < 1.29 is 31.8 Å². The zero-order chi connectivity index (χ0) is 26.6. The summed E-state index contributed by atoms with van der Waals surface area (Å²) in [6.07, 6.45) is 3.62. The van der Waals surface area contributed by atoms with Gasteiger partial charge in [-0.1, -0.05) is 45.2 Å². The molecule has 0 bridgehead atoms. The SMILES string of the molecule is CC(C)CC(C(=O)OCC1CCCCC1)c1cc(OCC2CC2)c(-c2ccc(C(F)(F)F)cc2)cc1F. The van der Waals surface area contributed by atoms with E-state index in [9.17, 15) is 18.0 Å². The monoisotopic (exact) mass is 520 g/mol. The summed E-state index contributed by atoms with van der Waals surface area (Å²) in [7, 11) is 0. The van der Waals surface area contributed by atoms with Gasteiger partial charge < -0.3 is 9.47 Å². The van der Waals surface area contributed by atoms with Crippen molar-refractivity contribution in [3.8, 4) is 16.9 Å². The number of hydrogen-bond acceptors (Lipinski definition) is 3. The molecule has 2 fully saturated rings. The van der Waals surface area contributed by atoms with Gasteiger partial charge in [0.1, 0.15) is 11.6 Å². The van der Waals surface area contributed by atoms with Crippen molar-refractivity contribution in [2.45, 2.75) is 77.3 Å². The summed E-state index contributed by atoms with van der Waals surface area (Å²) >= 11 is 0. The quantitative estimate of drug-likeness (QED) is 0.233. The second-order valence-electron chi connectivity index (χ2n) is 11.0. The van der Waals surface area contributed by atoms with Crippen LogP contribution < -0.4 is 4.74 Å². The Hall–Kier alpha value is -2.57. The predicted octanol–water partition coefficient (Wildman–Crippen LogP) is 8.55. The second-order valence-corrected chi connectivity index (χ2v) is 11.0. The Morgan fingerprint density at radius 3 is 2.19 bits per heavy atom. The van der Waals surface area contributed by atoms with E-state index in [1.165, 1.54) is 24.6 Å². The first kappa shape index (κ1) is 27.5. The Morgan fingerprint density at radius 1 is 0.946 bits per heavy atom. The van der Waals surface area contributed by atoms with Gasteiger partial charge in [-0.15, -0.1) is 0 Å². The fraction of sp³-hybridized carbons (Fsp3) is 0.567. The standard InChI is InChI=1S/C30H36F4O3/c1-19(2)14-26(29(35)37-18-20-6-4-3-5-7-20)25-16-28(36-17-21-8-9-21)24(15-27(25)31)22-10-12-23(13-11-22)30(32,33)34/h10-13,15-16,19-21,26H,3-9,14,17-18H2,1-2H3. The molecule has 0 aliphatic heterocycles. The van der Waals surface area contributed by atoms with Gasteiger partial charge in [0.15, 0.2) is 0 Å². The van der Waals surface area contributed by atoms with E-state index in [0.717, 1.165) is 50.7 Å². The maximum atomic E-state index is 15.6. The molecule has 0 saturated heterocycles. The number of alkyl halides is 3. The van der Waals surface area contributed by atoms with Crippen molar-refractivity contribution in [1.29, 1.82) is 0 Å². The maximum Gasteiger partial charge on any atom is 0.416 e. The van der Waals surface area contributed by atoms with E-state index in [1.807, 2.05) is 13.8 Å². The molecule has 0 radical (unpaired) electrons. The minimum Gasteiger partial charge on any atom is -0.493 e. The largest absolute Gasteiger partial charge is 0.493 e. The molecule has 0 heterocycles. The van der Waals surface area contributed by atoms with E-state index in [-0.39, 0.29) is 11.5 Å². The summed E-state index contributed by atoms with van der Waals surface area (Å²) in [5.41, 5.74) is 0.231. The van der Waals surface area contributed by atoms with Crippen molar-refractivity contribution in [1.82, 2.24) is 0 Å². The van der Waals surface area contributed by atoms with Gasteiger partial charge in [-0.05, 0) is 79.7 Å². The van der Waals surface area contributed by atoms with Gasteiger partial charge in [0.25, 0.3) is 0 Å². The smallest absolute Gasteiger partial charge is 0.416 e. The molecule has 1 unspecified atom stereocenters. The molecule has 0 aromatic heterocycles. The zero-order valence-corrected chi connectivity index (χ0v) is 21.6. The van der Waals surface area contributed by atoms with Crippen molar-refractivity contribution in [2.24, 2.45) is 17.8 Å². The highest BCUT2D eigenvalue weighted by Gasteiger charge is 2.32. The molecule has 7 heteroatoms. The molecular weight excluding hydrogens is 484 g/mol. The van der Waals surface area contributed by atoms with E-state index in [4.69, 9.17) is 9.47 Å². The van der Waals surface area contributed by atoms with Crippen LogP contribution in [0.4, 0.5) is 17.6 Å². The average molecular weight is 521 g/mol. The van der Waals surface area contributed by atoms with Crippen molar-refractivity contribution in [3.05, 3.63) is 53.3 Å². The molecule has 0 amide bonds. The Kier molecular flexibility index (Phi) is 8.81. The molecule has 37 heavy (non-hydrogen) atoms. The van der Waals surface area contributed by atoms with Gasteiger partial charge in [0.2, 0.25) is 0 Å². The molecule has 3 nitrogen and oxygen atoms in total. The van der Waals surface area contributed by atoms with Gasteiger partial charge in [-0.2, -0.15) is 13.2 Å². The van der Waals surface area contributed by atoms with Crippen LogP contribution in [0.3, 0.4) is 0 Å². The Balaban J connectivity index is 1.63. The summed E-state index contributed by atoms with van der Waals surface area (Å²) < 4.78 is 66.5. The number of esters is 1. The van der Waals surface area contributed by atoms with Crippen LogP contribution in [0.25, 0.3) is 11.1 Å². The number of ether oxygens (including phenoxy) is 2. The Morgan fingerprint density at radius 2 is 1.59 bits per heavy atom. The maximum absolute atomic E-state index is 15.6. The highest BCUT2D eigenvalue weighted by atomic mass is 19.4. The Bertz CT molecular complexity index is 1050. The van der Waals surface area contributed by atoms with Crippen LogP contribution in [0, 0.1) is 23.6 Å². The second kappa shape index (κ2) is 11.9. The fourth-order valence-electron chi connectivity index (χ4n) is 4.99. The third-order valence-corrected chi connectivity index (χ3v) is 7.35. The number of hydrogen-bond donors (Lipinski definition) is 0. The van der Waals surface area contributed by atoms with Gasteiger partial charge in [0.05, 0.1) is 24.7 Å². The first-order valence-corrected chi connectivity index (χ1v) is 13.4. The minimum atomic E-state index is -4.46. The van der Waals surface area contributed by atoms with E-state index in [1.54, 1.807) is 6.07 Å². The molecule has 4 rings (SSSR count). The van der Waals surface area contributed by atoms with Crippen molar-refractivity contribution >= 4 is 5.97 Å². The van der Waals surface area contributed by atoms with Crippen LogP contribution in [-0.4, -0.2) is 19.2 Å². The summed E-state index contributed by atoms with van der Waals surface area (Å²) in [6, 6.07) is 7.45. The van der Waals surface area contributed by atoms with Gasteiger partial charge in [-0.25, -0.2) is 4.39 Å². The minimum absolute atomic E-state index is 0.122. The van der Waals surface area contributed by atoms with Crippen LogP contribution >= 0.6 is 0 Å². The highest BCUT2D eigenvalue weighted by Crippen LogP contribution is 2.40. The third-order valence-electron chi connectivity index (χ3n) is 7.35. The van der Waals surface area contributed by atoms with E-state index < -0.39 is 29.4 Å². The lowest BCUT2D eigenvalue weighted by molar-refractivity contribution is -0.147. The average Bonchev–Trinajstić information content (AvgIpc) is 3.70. The molecule has 2 aliphatic rings. The lowest BCUT2D eigenvalue weighted by Gasteiger charge is -2.24. The van der Waals surface area contributed by atoms with E-state index in [2.05, 4.69) is 0 Å². The van der Waals surface area contributed by atoms with Crippen LogP contribution in [0.2, 0.25) is 0 Å². The van der Waals surface area contributed by atoms with Gasteiger partial charge >= 0.3 is 12.1 Å². The fourth-order valence-corrected chi connectivity index (χ4v) is 4.99. The van der Waals surface area contributed by atoms with Gasteiger partial charge in [-0.3, -0.25) is 4.79 Å². The van der Waals surface area contributed by atoms with E-state index >= 15 is 4.39 Å². The molecular formula is C30H36F4O3. The van der Waals surface area contributed by atoms with E-state index in [0.29, 0.717) is 48.3 Å². The predicted molar refractivity (Wildman–Crippen MR) is 135 cm³/mol. The van der Waals surface area contributed by atoms with Crippen LogP contribution in [0.1, 0.15) is 82.3 Å². The molecule has 0 N–H and O–H groups in total. The molecule has 2 aromatic carbocycles. The number of benzene rings is 2. The molecule has 2 aliphatic carbocycles. The van der Waals surface area contributed by atoms with Crippen molar-refractivity contribution in [3.63, 3.8) is 0 Å². The summed E-state index contributed by atoms with van der Waals surface area (Å²) in [5.74, 6) is -0.549. The Labute approximate surface area is 216 Å². The van der Waals surface area contributed by atoms with Crippen molar-refractivity contribution in [2.75, 3.05) is 13.2 Å². The lowest BCUT2D eigenvalue weighted by Crippen LogP contribution is -2.23. The van der Waals surface area contributed by atoms with Gasteiger partial charge in [0, 0.05) is 11.1 Å². The third kappa shape index (κ3) is 7.48. The summed E-state index contributed by atoms with van der Waals surface area (Å²) in [6.45, 7) is 4.74. The summed E-state index contributed by atoms with van der Waals surface area (Å²) in [5, 5.41) is 0. The lowest BCUT2D eigenvalue weighted by atomic mass is 9.88.